The first-order chi connectivity index (χ1) is 9.52. The van der Waals surface area contributed by atoms with E-state index in [2.05, 4.69) is 22.2 Å². The molecule has 110 valence electrons. The standard InChI is InChI=1S/C15H24N4O/c1-18-8-7-12(9-18)10-19(2)11-15(20)17-14-5-3-13(16)4-6-14/h3-6,12H,7-11,16H2,1-2H3,(H,17,20). The highest BCUT2D eigenvalue weighted by Crippen LogP contribution is 2.15. The van der Waals surface area contributed by atoms with E-state index in [4.69, 9.17) is 5.73 Å². The number of anilines is 2. The lowest BCUT2D eigenvalue weighted by molar-refractivity contribution is -0.117. The van der Waals surface area contributed by atoms with Gasteiger partial charge in [0.25, 0.3) is 0 Å². The third-order valence-corrected chi connectivity index (χ3v) is 3.67. The molecular formula is C15H24N4O. The van der Waals surface area contributed by atoms with Crippen LogP contribution in [-0.2, 0) is 4.79 Å². The second-order valence-electron chi connectivity index (χ2n) is 5.78. The quantitative estimate of drug-likeness (QED) is 0.790. The van der Waals surface area contributed by atoms with Crippen LogP contribution in [0.2, 0.25) is 0 Å². The maximum atomic E-state index is 12.0. The van der Waals surface area contributed by atoms with Crippen molar-refractivity contribution in [2.45, 2.75) is 6.42 Å². The molecule has 1 atom stereocenters. The van der Waals surface area contributed by atoms with Gasteiger partial charge in [-0.3, -0.25) is 9.69 Å². The fourth-order valence-electron chi connectivity index (χ4n) is 2.69. The number of carbonyl (C=O) groups excluding carboxylic acids is 1. The summed E-state index contributed by atoms with van der Waals surface area (Å²) in [6.07, 6.45) is 1.22. The molecule has 1 heterocycles. The van der Waals surface area contributed by atoms with Gasteiger partial charge in [0.05, 0.1) is 6.54 Å². The first kappa shape index (κ1) is 14.8. The number of nitrogens with two attached hydrogens (primary N) is 1. The van der Waals surface area contributed by atoms with Crippen LogP contribution in [0.5, 0.6) is 0 Å². The van der Waals surface area contributed by atoms with Crippen molar-refractivity contribution >= 4 is 17.3 Å². The zero-order valence-electron chi connectivity index (χ0n) is 12.3. The third-order valence-electron chi connectivity index (χ3n) is 3.67. The van der Waals surface area contributed by atoms with Crippen LogP contribution < -0.4 is 11.1 Å². The number of benzene rings is 1. The second-order valence-corrected chi connectivity index (χ2v) is 5.78. The maximum Gasteiger partial charge on any atom is 0.238 e. The number of nitrogens with one attached hydrogen (secondary N) is 1. The smallest absolute Gasteiger partial charge is 0.238 e. The number of carbonyl (C=O) groups is 1. The monoisotopic (exact) mass is 276 g/mol. The van der Waals surface area contributed by atoms with E-state index in [1.165, 1.54) is 6.42 Å². The topological polar surface area (TPSA) is 61.6 Å². The highest BCUT2D eigenvalue weighted by atomic mass is 16.2. The van der Waals surface area contributed by atoms with Gasteiger partial charge in [0.15, 0.2) is 0 Å². The van der Waals surface area contributed by atoms with Gasteiger partial charge in [-0.05, 0) is 57.2 Å². The molecule has 5 heteroatoms. The summed E-state index contributed by atoms with van der Waals surface area (Å²) in [5.74, 6) is 0.693. The molecule has 0 saturated carbocycles. The van der Waals surface area contributed by atoms with Gasteiger partial charge in [-0.15, -0.1) is 0 Å². The molecule has 1 saturated heterocycles. The predicted molar refractivity (Wildman–Crippen MR) is 82.6 cm³/mol. The van der Waals surface area contributed by atoms with Crippen molar-refractivity contribution in [1.82, 2.24) is 9.80 Å². The van der Waals surface area contributed by atoms with Crippen molar-refractivity contribution in [1.29, 1.82) is 0 Å². The summed E-state index contributed by atoms with van der Waals surface area (Å²) in [5, 5.41) is 2.89. The van der Waals surface area contributed by atoms with Crippen molar-refractivity contribution in [2.24, 2.45) is 5.92 Å². The average molecular weight is 276 g/mol. The average Bonchev–Trinajstić information content (AvgIpc) is 2.77. The molecule has 1 aliphatic heterocycles. The zero-order valence-corrected chi connectivity index (χ0v) is 12.3. The minimum absolute atomic E-state index is 0.0172. The summed E-state index contributed by atoms with van der Waals surface area (Å²) in [4.78, 5) is 16.4. The Morgan fingerprint density at radius 2 is 2.15 bits per heavy atom. The van der Waals surface area contributed by atoms with Gasteiger partial charge in [-0.1, -0.05) is 0 Å². The SMILES string of the molecule is CN1CCC(CN(C)CC(=O)Nc2ccc(N)cc2)C1. The molecule has 0 aromatic heterocycles. The number of nitrogen functional groups attached to an aromatic ring is 1. The molecule has 0 aliphatic carbocycles. The molecule has 20 heavy (non-hydrogen) atoms. The van der Waals surface area contributed by atoms with E-state index in [9.17, 15) is 4.79 Å². The van der Waals surface area contributed by atoms with Crippen molar-refractivity contribution in [3.63, 3.8) is 0 Å². The van der Waals surface area contributed by atoms with Crippen LogP contribution in [0.3, 0.4) is 0 Å². The Bertz CT molecular complexity index is 446. The zero-order chi connectivity index (χ0) is 14.5. The van der Waals surface area contributed by atoms with Gasteiger partial charge < -0.3 is 16.0 Å². The van der Waals surface area contributed by atoms with Crippen LogP contribution in [0, 0.1) is 5.92 Å². The van der Waals surface area contributed by atoms with E-state index in [0.717, 1.165) is 25.3 Å². The minimum Gasteiger partial charge on any atom is -0.399 e. The Hall–Kier alpha value is -1.59. The van der Waals surface area contributed by atoms with Crippen LogP contribution in [0.15, 0.2) is 24.3 Å². The molecular weight excluding hydrogens is 252 g/mol. The lowest BCUT2D eigenvalue weighted by Gasteiger charge is -2.20. The number of rotatable bonds is 5. The molecule has 1 amide bonds. The number of hydrogen-bond acceptors (Lipinski definition) is 4. The van der Waals surface area contributed by atoms with E-state index < -0.39 is 0 Å². The maximum absolute atomic E-state index is 12.0. The van der Waals surface area contributed by atoms with Crippen LogP contribution in [0.4, 0.5) is 11.4 Å². The number of likely N-dealkylation sites (N-methyl/N-ethyl adjacent to an activating group) is 1. The summed E-state index contributed by atoms with van der Waals surface area (Å²) in [6, 6.07) is 7.21. The highest BCUT2D eigenvalue weighted by Gasteiger charge is 2.21. The first-order valence-corrected chi connectivity index (χ1v) is 7.05. The van der Waals surface area contributed by atoms with Crippen molar-refractivity contribution in [2.75, 3.05) is 51.3 Å². The van der Waals surface area contributed by atoms with E-state index in [1.807, 2.05) is 19.2 Å². The van der Waals surface area contributed by atoms with Gasteiger partial charge in [0.2, 0.25) is 5.91 Å². The molecule has 3 N–H and O–H groups in total. The molecule has 0 radical (unpaired) electrons. The summed E-state index contributed by atoms with van der Waals surface area (Å²) in [7, 11) is 4.15. The number of nitrogens with zero attached hydrogens (tertiary/aromatic N) is 2. The molecule has 1 aromatic carbocycles. The highest BCUT2D eigenvalue weighted by molar-refractivity contribution is 5.92. The molecule has 2 rings (SSSR count). The molecule has 1 fully saturated rings. The normalized spacial score (nSPS) is 19.4. The lowest BCUT2D eigenvalue weighted by Crippen LogP contribution is -2.34. The van der Waals surface area contributed by atoms with E-state index >= 15 is 0 Å². The van der Waals surface area contributed by atoms with Crippen molar-refractivity contribution in [3.8, 4) is 0 Å². The Labute approximate surface area is 120 Å². The first-order valence-electron chi connectivity index (χ1n) is 7.05. The summed E-state index contributed by atoms with van der Waals surface area (Å²) in [6.45, 7) is 3.68. The molecule has 1 unspecified atom stereocenters. The van der Waals surface area contributed by atoms with E-state index in [-0.39, 0.29) is 5.91 Å². The Balaban J connectivity index is 1.74. The Morgan fingerprint density at radius 3 is 2.75 bits per heavy atom. The Kier molecular flexibility index (Phi) is 4.98. The van der Waals surface area contributed by atoms with Crippen LogP contribution in [-0.4, -0.2) is 56.0 Å². The van der Waals surface area contributed by atoms with Gasteiger partial charge in [-0.2, -0.15) is 0 Å². The van der Waals surface area contributed by atoms with E-state index in [1.54, 1.807) is 12.1 Å². The Morgan fingerprint density at radius 1 is 1.45 bits per heavy atom. The summed E-state index contributed by atoms with van der Waals surface area (Å²) in [5.41, 5.74) is 7.11. The third kappa shape index (κ3) is 4.51. The molecule has 0 spiro atoms. The van der Waals surface area contributed by atoms with Gasteiger partial charge in [0, 0.05) is 24.5 Å². The molecule has 0 bridgehead atoms. The van der Waals surface area contributed by atoms with Crippen LogP contribution in [0.1, 0.15) is 6.42 Å². The molecule has 5 nitrogen and oxygen atoms in total. The number of amides is 1. The summed E-state index contributed by atoms with van der Waals surface area (Å²) >= 11 is 0. The lowest BCUT2D eigenvalue weighted by atomic mass is 10.1. The fraction of sp³-hybridized carbons (Fsp3) is 0.533. The van der Waals surface area contributed by atoms with E-state index in [0.29, 0.717) is 18.2 Å². The fourth-order valence-corrected chi connectivity index (χ4v) is 2.69. The molecule has 1 aromatic rings. The predicted octanol–water partition coefficient (Wildman–Crippen LogP) is 1.09. The van der Waals surface area contributed by atoms with Crippen molar-refractivity contribution < 1.29 is 4.79 Å². The van der Waals surface area contributed by atoms with Crippen LogP contribution >= 0.6 is 0 Å². The van der Waals surface area contributed by atoms with Crippen LogP contribution in [0.25, 0.3) is 0 Å². The van der Waals surface area contributed by atoms with Gasteiger partial charge in [0.1, 0.15) is 0 Å². The number of likely N-dealkylation sites (tertiary alicyclic amines) is 1. The molecule has 1 aliphatic rings. The van der Waals surface area contributed by atoms with Gasteiger partial charge >= 0.3 is 0 Å². The minimum atomic E-state index is 0.0172. The van der Waals surface area contributed by atoms with Gasteiger partial charge in [-0.25, -0.2) is 0 Å². The summed E-state index contributed by atoms with van der Waals surface area (Å²) < 4.78 is 0. The second kappa shape index (κ2) is 6.72. The van der Waals surface area contributed by atoms with Crippen molar-refractivity contribution in [3.05, 3.63) is 24.3 Å². The largest absolute Gasteiger partial charge is 0.399 e. The number of hydrogen-bond donors (Lipinski definition) is 2.